The SMILES string of the molecule is O=C(O)c1cccc(-c2nc3ccc(Cn4ccnc4)cc3[nH]2)c1. The summed E-state index contributed by atoms with van der Waals surface area (Å²) in [6, 6.07) is 12.8. The molecule has 0 aliphatic carbocycles. The second kappa shape index (κ2) is 5.66. The van der Waals surface area contributed by atoms with Crippen molar-refractivity contribution in [3.8, 4) is 11.4 Å². The summed E-state index contributed by atoms with van der Waals surface area (Å²) in [4.78, 5) is 23.0. The smallest absolute Gasteiger partial charge is 0.335 e. The maximum absolute atomic E-state index is 11.1. The van der Waals surface area contributed by atoms with Crippen LogP contribution in [0.2, 0.25) is 0 Å². The molecule has 6 nitrogen and oxygen atoms in total. The minimum atomic E-state index is -0.949. The first-order chi connectivity index (χ1) is 11.7. The molecule has 6 heteroatoms. The Morgan fingerprint density at radius 1 is 1.21 bits per heavy atom. The quantitative estimate of drug-likeness (QED) is 0.605. The van der Waals surface area contributed by atoms with Gasteiger partial charge in [0.1, 0.15) is 5.82 Å². The van der Waals surface area contributed by atoms with Crippen LogP contribution in [0, 0.1) is 0 Å². The molecule has 4 rings (SSSR count). The summed E-state index contributed by atoms with van der Waals surface area (Å²) in [5.41, 5.74) is 3.90. The Labute approximate surface area is 137 Å². The predicted octanol–water partition coefficient (Wildman–Crippen LogP) is 3.17. The summed E-state index contributed by atoms with van der Waals surface area (Å²) in [6.07, 6.45) is 5.45. The highest BCUT2D eigenvalue weighted by molar-refractivity contribution is 5.89. The summed E-state index contributed by atoms with van der Waals surface area (Å²) in [5.74, 6) is -0.288. The average molecular weight is 318 g/mol. The highest BCUT2D eigenvalue weighted by atomic mass is 16.4. The molecule has 0 saturated carbocycles. The largest absolute Gasteiger partial charge is 0.478 e. The van der Waals surface area contributed by atoms with Gasteiger partial charge in [-0.05, 0) is 29.8 Å². The number of hydrogen-bond donors (Lipinski definition) is 2. The van der Waals surface area contributed by atoms with Crippen molar-refractivity contribution >= 4 is 17.0 Å². The molecule has 0 amide bonds. The van der Waals surface area contributed by atoms with Gasteiger partial charge in [-0.2, -0.15) is 0 Å². The fourth-order valence-corrected chi connectivity index (χ4v) is 2.68. The molecule has 4 aromatic rings. The Hall–Kier alpha value is -3.41. The number of carbonyl (C=O) groups is 1. The average Bonchev–Trinajstić information content (AvgIpc) is 3.24. The zero-order chi connectivity index (χ0) is 16.5. The molecule has 0 fully saturated rings. The molecular weight excluding hydrogens is 304 g/mol. The first-order valence-corrected chi connectivity index (χ1v) is 7.47. The van der Waals surface area contributed by atoms with Crippen molar-refractivity contribution in [2.24, 2.45) is 0 Å². The topological polar surface area (TPSA) is 83.8 Å². The fourth-order valence-electron chi connectivity index (χ4n) is 2.68. The lowest BCUT2D eigenvalue weighted by molar-refractivity contribution is 0.0697. The number of fused-ring (bicyclic) bond motifs is 1. The lowest BCUT2D eigenvalue weighted by Gasteiger charge is -2.01. The first kappa shape index (κ1) is 14.2. The van der Waals surface area contributed by atoms with Crippen LogP contribution in [0.1, 0.15) is 15.9 Å². The molecule has 2 aromatic carbocycles. The number of H-pyrrole nitrogens is 1. The predicted molar refractivity (Wildman–Crippen MR) is 89.8 cm³/mol. The molecule has 0 saturated heterocycles. The van der Waals surface area contributed by atoms with Gasteiger partial charge < -0.3 is 14.7 Å². The van der Waals surface area contributed by atoms with Gasteiger partial charge in [0.15, 0.2) is 0 Å². The van der Waals surface area contributed by atoms with Crippen LogP contribution in [0.3, 0.4) is 0 Å². The molecule has 2 heterocycles. The van der Waals surface area contributed by atoms with E-state index in [-0.39, 0.29) is 5.56 Å². The molecule has 24 heavy (non-hydrogen) atoms. The Morgan fingerprint density at radius 2 is 2.12 bits per heavy atom. The van der Waals surface area contributed by atoms with E-state index in [4.69, 9.17) is 5.11 Å². The third-order valence-corrected chi connectivity index (χ3v) is 3.85. The van der Waals surface area contributed by atoms with Crippen LogP contribution in [0.5, 0.6) is 0 Å². The summed E-state index contributed by atoms with van der Waals surface area (Å²) in [6.45, 7) is 0.735. The van der Waals surface area contributed by atoms with E-state index >= 15 is 0 Å². The van der Waals surface area contributed by atoms with Crippen molar-refractivity contribution < 1.29 is 9.90 Å². The van der Waals surface area contributed by atoms with Crippen LogP contribution in [0.4, 0.5) is 0 Å². The number of imidazole rings is 2. The molecule has 0 atom stereocenters. The van der Waals surface area contributed by atoms with E-state index < -0.39 is 5.97 Å². The van der Waals surface area contributed by atoms with Gasteiger partial charge in [0.2, 0.25) is 0 Å². The number of carboxylic acid groups (broad SMARTS) is 1. The number of aromatic nitrogens is 4. The van der Waals surface area contributed by atoms with Crippen molar-refractivity contribution in [3.63, 3.8) is 0 Å². The second-order valence-corrected chi connectivity index (χ2v) is 5.56. The number of rotatable bonds is 4. The number of hydrogen-bond acceptors (Lipinski definition) is 3. The maximum Gasteiger partial charge on any atom is 0.335 e. The van der Waals surface area contributed by atoms with Crippen LogP contribution in [-0.2, 0) is 6.54 Å². The van der Waals surface area contributed by atoms with Crippen molar-refractivity contribution in [1.29, 1.82) is 0 Å². The van der Waals surface area contributed by atoms with Gasteiger partial charge in [-0.15, -0.1) is 0 Å². The lowest BCUT2D eigenvalue weighted by Crippen LogP contribution is -1.96. The Morgan fingerprint density at radius 3 is 2.92 bits per heavy atom. The van der Waals surface area contributed by atoms with Gasteiger partial charge in [0.25, 0.3) is 0 Å². The number of carboxylic acids is 1. The van der Waals surface area contributed by atoms with Gasteiger partial charge in [0.05, 0.1) is 22.9 Å². The molecule has 0 aliphatic heterocycles. The monoisotopic (exact) mass is 318 g/mol. The third-order valence-electron chi connectivity index (χ3n) is 3.85. The van der Waals surface area contributed by atoms with E-state index in [9.17, 15) is 4.79 Å². The number of nitrogens with one attached hydrogen (secondary N) is 1. The fraction of sp³-hybridized carbons (Fsp3) is 0.0556. The third kappa shape index (κ3) is 2.65. The molecule has 0 bridgehead atoms. The lowest BCUT2D eigenvalue weighted by atomic mass is 10.1. The molecule has 0 unspecified atom stereocenters. The van der Waals surface area contributed by atoms with E-state index in [1.165, 1.54) is 0 Å². The van der Waals surface area contributed by atoms with Gasteiger partial charge in [-0.3, -0.25) is 0 Å². The van der Waals surface area contributed by atoms with Crippen molar-refractivity contribution in [2.45, 2.75) is 6.54 Å². The van der Waals surface area contributed by atoms with Gasteiger partial charge in [-0.25, -0.2) is 14.8 Å². The minimum Gasteiger partial charge on any atom is -0.478 e. The second-order valence-electron chi connectivity index (χ2n) is 5.56. The van der Waals surface area contributed by atoms with Crippen molar-refractivity contribution in [1.82, 2.24) is 19.5 Å². The maximum atomic E-state index is 11.1. The van der Waals surface area contributed by atoms with Gasteiger partial charge >= 0.3 is 5.97 Å². The van der Waals surface area contributed by atoms with E-state index in [1.807, 2.05) is 35.0 Å². The molecule has 0 spiro atoms. The normalized spacial score (nSPS) is 11.0. The van der Waals surface area contributed by atoms with Crippen LogP contribution in [0.15, 0.2) is 61.2 Å². The highest BCUT2D eigenvalue weighted by Gasteiger charge is 2.09. The van der Waals surface area contributed by atoms with Crippen LogP contribution in [0.25, 0.3) is 22.4 Å². The Kier molecular flexibility index (Phi) is 3.35. The highest BCUT2D eigenvalue weighted by Crippen LogP contribution is 2.22. The first-order valence-electron chi connectivity index (χ1n) is 7.47. The number of aromatic amines is 1. The van der Waals surface area contributed by atoms with Crippen molar-refractivity contribution in [2.75, 3.05) is 0 Å². The summed E-state index contributed by atoms with van der Waals surface area (Å²) in [5, 5.41) is 9.12. The standard InChI is InChI=1S/C18H14N4O2/c23-18(24)14-3-1-2-13(9-14)17-20-15-5-4-12(8-16(15)21-17)10-22-7-6-19-11-22/h1-9,11H,10H2,(H,20,21)(H,23,24). The molecular formula is C18H14N4O2. The Bertz CT molecular complexity index is 1020. The molecule has 2 aromatic heterocycles. The molecule has 0 aliphatic rings. The van der Waals surface area contributed by atoms with E-state index in [0.717, 1.165) is 28.7 Å². The van der Waals surface area contributed by atoms with Crippen LogP contribution in [-0.4, -0.2) is 30.6 Å². The van der Waals surface area contributed by atoms with E-state index in [0.29, 0.717) is 5.82 Å². The Balaban J connectivity index is 1.70. The summed E-state index contributed by atoms with van der Waals surface area (Å²) >= 11 is 0. The van der Waals surface area contributed by atoms with E-state index in [2.05, 4.69) is 15.0 Å². The van der Waals surface area contributed by atoms with Gasteiger partial charge in [-0.1, -0.05) is 18.2 Å². The summed E-state index contributed by atoms with van der Waals surface area (Å²) in [7, 11) is 0. The molecule has 0 radical (unpaired) electrons. The number of benzene rings is 2. The van der Waals surface area contributed by atoms with Crippen LogP contribution < -0.4 is 0 Å². The zero-order valence-corrected chi connectivity index (χ0v) is 12.7. The van der Waals surface area contributed by atoms with Crippen LogP contribution >= 0.6 is 0 Å². The van der Waals surface area contributed by atoms with Gasteiger partial charge in [0, 0.05) is 24.5 Å². The molecule has 2 N–H and O–H groups in total. The number of nitrogens with zero attached hydrogens (tertiary/aromatic N) is 3. The van der Waals surface area contributed by atoms with E-state index in [1.54, 1.807) is 30.7 Å². The number of aromatic carboxylic acids is 1. The minimum absolute atomic E-state index is 0.244. The summed E-state index contributed by atoms with van der Waals surface area (Å²) < 4.78 is 1.99. The van der Waals surface area contributed by atoms with Crippen molar-refractivity contribution in [3.05, 3.63) is 72.3 Å². The zero-order valence-electron chi connectivity index (χ0n) is 12.7. The molecule has 118 valence electrons.